The maximum absolute atomic E-state index is 11.9. The first kappa shape index (κ1) is 14.2. The van der Waals surface area contributed by atoms with Crippen molar-refractivity contribution in [3.05, 3.63) is 71.6 Å². The third-order valence-corrected chi connectivity index (χ3v) is 3.78. The molecular formula is C18H16N2O2. The molecule has 22 heavy (non-hydrogen) atoms. The summed E-state index contributed by atoms with van der Waals surface area (Å²) in [6.07, 6.45) is 3.98. The van der Waals surface area contributed by atoms with E-state index in [1.807, 2.05) is 42.3 Å². The Morgan fingerprint density at radius 2 is 1.73 bits per heavy atom. The molecule has 4 nitrogen and oxygen atoms in total. The SMILES string of the molecule is CN(CCc1ccccn1)C1=CC(=O)C(=O)c2ccccc21. The highest BCUT2D eigenvalue weighted by Crippen LogP contribution is 2.27. The van der Waals surface area contributed by atoms with Crippen molar-refractivity contribution >= 4 is 17.3 Å². The van der Waals surface area contributed by atoms with Gasteiger partial charge in [0.15, 0.2) is 0 Å². The number of carbonyl (C=O) groups excluding carboxylic acids is 2. The van der Waals surface area contributed by atoms with Crippen LogP contribution >= 0.6 is 0 Å². The topological polar surface area (TPSA) is 50.3 Å². The van der Waals surface area contributed by atoms with Crippen LogP contribution < -0.4 is 0 Å². The van der Waals surface area contributed by atoms with Crippen molar-refractivity contribution in [2.24, 2.45) is 0 Å². The van der Waals surface area contributed by atoms with Crippen LogP contribution in [0.5, 0.6) is 0 Å². The lowest BCUT2D eigenvalue weighted by atomic mass is 9.92. The second-order valence-electron chi connectivity index (χ2n) is 5.26. The zero-order valence-corrected chi connectivity index (χ0v) is 12.3. The maximum Gasteiger partial charge on any atom is 0.233 e. The third kappa shape index (κ3) is 2.68. The number of fused-ring (bicyclic) bond motifs is 1. The lowest BCUT2D eigenvalue weighted by molar-refractivity contribution is -0.111. The number of likely N-dealkylation sites (N-methyl/N-ethyl adjacent to an activating group) is 1. The summed E-state index contributed by atoms with van der Waals surface area (Å²) >= 11 is 0. The fourth-order valence-electron chi connectivity index (χ4n) is 2.57. The van der Waals surface area contributed by atoms with Crippen LogP contribution in [0.15, 0.2) is 54.7 Å². The first-order valence-corrected chi connectivity index (χ1v) is 7.17. The van der Waals surface area contributed by atoms with Gasteiger partial charge in [0.2, 0.25) is 11.6 Å². The summed E-state index contributed by atoms with van der Waals surface area (Å²) in [7, 11) is 1.93. The average molecular weight is 292 g/mol. The number of ketones is 2. The molecule has 0 saturated carbocycles. The minimum atomic E-state index is -0.460. The minimum absolute atomic E-state index is 0.433. The van der Waals surface area contributed by atoms with E-state index in [0.717, 1.165) is 29.9 Å². The highest BCUT2D eigenvalue weighted by molar-refractivity contribution is 6.50. The molecule has 0 radical (unpaired) electrons. The first-order chi connectivity index (χ1) is 10.7. The van der Waals surface area contributed by atoms with E-state index in [0.29, 0.717) is 5.56 Å². The molecule has 0 N–H and O–H groups in total. The largest absolute Gasteiger partial charge is 0.374 e. The Bertz CT molecular complexity index is 751. The van der Waals surface area contributed by atoms with E-state index in [9.17, 15) is 9.59 Å². The highest BCUT2D eigenvalue weighted by Gasteiger charge is 2.26. The van der Waals surface area contributed by atoms with Crippen LogP contribution in [0, 0.1) is 0 Å². The summed E-state index contributed by atoms with van der Waals surface area (Å²) in [5.41, 5.74) is 3.09. The summed E-state index contributed by atoms with van der Waals surface area (Å²) in [6.45, 7) is 0.721. The predicted octanol–water partition coefficient (Wildman–Crippen LogP) is 2.36. The summed E-state index contributed by atoms with van der Waals surface area (Å²) in [5, 5.41) is 0. The van der Waals surface area contributed by atoms with Crippen LogP contribution in [-0.4, -0.2) is 35.0 Å². The van der Waals surface area contributed by atoms with Gasteiger partial charge in [0.05, 0.1) is 0 Å². The van der Waals surface area contributed by atoms with Gasteiger partial charge >= 0.3 is 0 Å². The van der Waals surface area contributed by atoms with Crippen LogP contribution in [0.1, 0.15) is 21.6 Å². The van der Waals surface area contributed by atoms with Gasteiger partial charge < -0.3 is 4.90 Å². The van der Waals surface area contributed by atoms with Crippen molar-refractivity contribution in [1.29, 1.82) is 0 Å². The van der Waals surface area contributed by atoms with Gasteiger partial charge in [-0.15, -0.1) is 0 Å². The molecule has 1 aromatic carbocycles. The summed E-state index contributed by atoms with van der Waals surface area (Å²) in [4.78, 5) is 30.1. The number of Topliss-reactive ketones (excluding diaryl/α,β-unsaturated/α-hetero) is 1. The Hall–Kier alpha value is -2.75. The van der Waals surface area contributed by atoms with Crippen LogP contribution in [-0.2, 0) is 11.2 Å². The Morgan fingerprint density at radius 3 is 2.45 bits per heavy atom. The van der Waals surface area contributed by atoms with E-state index < -0.39 is 11.6 Å². The van der Waals surface area contributed by atoms with Crippen molar-refractivity contribution < 1.29 is 9.59 Å². The van der Waals surface area contributed by atoms with E-state index in [1.165, 1.54) is 6.08 Å². The van der Waals surface area contributed by atoms with E-state index >= 15 is 0 Å². The predicted molar refractivity (Wildman–Crippen MR) is 84.3 cm³/mol. The number of benzene rings is 1. The molecule has 0 amide bonds. The number of pyridine rings is 1. The number of hydrogen-bond donors (Lipinski definition) is 0. The van der Waals surface area contributed by atoms with Gasteiger partial charge in [-0.25, -0.2) is 0 Å². The summed E-state index contributed by atoms with van der Waals surface area (Å²) in [5.74, 6) is -0.893. The summed E-state index contributed by atoms with van der Waals surface area (Å²) in [6, 6.07) is 13.1. The van der Waals surface area contributed by atoms with Gasteiger partial charge in [0.1, 0.15) is 0 Å². The van der Waals surface area contributed by atoms with E-state index in [4.69, 9.17) is 0 Å². The smallest absolute Gasteiger partial charge is 0.233 e. The lowest BCUT2D eigenvalue weighted by Crippen LogP contribution is -2.27. The lowest BCUT2D eigenvalue weighted by Gasteiger charge is -2.26. The van der Waals surface area contributed by atoms with E-state index in [2.05, 4.69) is 4.98 Å². The van der Waals surface area contributed by atoms with Crippen LogP contribution in [0.2, 0.25) is 0 Å². The molecule has 1 heterocycles. The third-order valence-electron chi connectivity index (χ3n) is 3.78. The van der Waals surface area contributed by atoms with Crippen LogP contribution in [0.4, 0.5) is 0 Å². The van der Waals surface area contributed by atoms with Crippen molar-refractivity contribution in [2.45, 2.75) is 6.42 Å². The number of nitrogens with zero attached hydrogens (tertiary/aromatic N) is 2. The second-order valence-corrected chi connectivity index (χ2v) is 5.26. The molecule has 0 bridgehead atoms. The van der Waals surface area contributed by atoms with Gasteiger partial charge in [-0.3, -0.25) is 14.6 Å². The second kappa shape index (κ2) is 5.93. The van der Waals surface area contributed by atoms with Gasteiger partial charge in [0.25, 0.3) is 0 Å². The number of rotatable bonds is 4. The Balaban J connectivity index is 1.83. The Kier molecular flexibility index (Phi) is 3.83. The van der Waals surface area contributed by atoms with Crippen molar-refractivity contribution in [3.63, 3.8) is 0 Å². The number of hydrogen-bond acceptors (Lipinski definition) is 4. The fourth-order valence-corrected chi connectivity index (χ4v) is 2.57. The average Bonchev–Trinajstić information content (AvgIpc) is 2.57. The molecule has 0 atom stereocenters. The molecule has 3 rings (SSSR count). The van der Waals surface area contributed by atoms with E-state index in [1.54, 1.807) is 18.3 Å². The van der Waals surface area contributed by atoms with Gasteiger partial charge in [-0.2, -0.15) is 0 Å². The minimum Gasteiger partial charge on any atom is -0.374 e. The number of aromatic nitrogens is 1. The van der Waals surface area contributed by atoms with Gasteiger partial charge in [-0.05, 0) is 12.1 Å². The summed E-state index contributed by atoms with van der Waals surface area (Å²) < 4.78 is 0. The quantitative estimate of drug-likeness (QED) is 0.812. The maximum atomic E-state index is 11.9. The standard InChI is InChI=1S/C18H16N2O2/c1-20(11-9-13-6-4-5-10-19-13)16-12-17(21)18(22)15-8-3-2-7-14(15)16/h2-8,10,12H,9,11H2,1H3. The van der Waals surface area contributed by atoms with Crippen molar-refractivity contribution in [3.8, 4) is 0 Å². The molecular weight excluding hydrogens is 276 g/mol. The molecule has 2 aromatic rings. The molecule has 0 spiro atoms. The zero-order chi connectivity index (χ0) is 15.5. The van der Waals surface area contributed by atoms with Gasteiger partial charge in [-0.1, -0.05) is 30.3 Å². The molecule has 1 aliphatic rings. The molecule has 0 unspecified atom stereocenters. The zero-order valence-electron chi connectivity index (χ0n) is 12.3. The number of allylic oxidation sites excluding steroid dienone is 1. The van der Waals surface area contributed by atoms with Crippen LogP contribution in [0.3, 0.4) is 0 Å². The number of carbonyl (C=O) groups is 2. The Morgan fingerprint density at radius 1 is 1.00 bits per heavy atom. The molecule has 0 saturated heterocycles. The van der Waals surface area contributed by atoms with E-state index in [-0.39, 0.29) is 0 Å². The molecule has 1 aliphatic carbocycles. The van der Waals surface area contributed by atoms with Crippen LogP contribution in [0.25, 0.3) is 5.70 Å². The molecule has 0 fully saturated rings. The Labute approximate surface area is 129 Å². The van der Waals surface area contributed by atoms with Crippen molar-refractivity contribution in [1.82, 2.24) is 9.88 Å². The molecule has 110 valence electrons. The monoisotopic (exact) mass is 292 g/mol. The molecule has 4 heteroatoms. The first-order valence-electron chi connectivity index (χ1n) is 7.17. The van der Waals surface area contributed by atoms with Crippen molar-refractivity contribution in [2.75, 3.05) is 13.6 Å². The normalized spacial score (nSPS) is 13.6. The highest BCUT2D eigenvalue weighted by atomic mass is 16.2. The molecule has 0 aliphatic heterocycles. The van der Waals surface area contributed by atoms with Gasteiger partial charge in [0, 0.05) is 54.8 Å². The fraction of sp³-hybridized carbons (Fsp3) is 0.167. The molecule has 1 aromatic heterocycles.